The van der Waals surface area contributed by atoms with Gasteiger partial charge in [0, 0.05) is 0 Å². The van der Waals surface area contributed by atoms with Gasteiger partial charge in [-0.1, -0.05) is 0 Å². The van der Waals surface area contributed by atoms with Crippen LogP contribution in [0, 0.1) is 0 Å². The van der Waals surface area contributed by atoms with Crippen molar-refractivity contribution < 1.29 is 39.6 Å². The Bertz CT molecular complexity index is 122. The molecule has 0 rings (SSSR count). The highest BCUT2D eigenvalue weighted by molar-refractivity contribution is 7.45. The molecule has 0 fully saturated rings. The van der Waals surface area contributed by atoms with Crippen LogP contribution >= 0.6 is 7.82 Å². The Kier molecular flexibility index (Phi) is 9.16. The third-order valence-electron chi connectivity index (χ3n) is 0.478. The molecule has 12 heavy (non-hydrogen) atoms. The maximum Gasteiger partial charge on any atom is 0.466 e. The van der Waals surface area contributed by atoms with Gasteiger partial charge in [0.15, 0.2) is 0 Å². The summed E-state index contributed by atoms with van der Waals surface area (Å²) in [5.74, 6) is 0. The van der Waals surface area contributed by atoms with Gasteiger partial charge in [-0.2, -0.15) is 0 Å². The van der Waals surface area contributed by atoms with E-state index in [0.29, 0.717) is 0 Å². The highest BCUT2D eigenvalue weighted by atomic mass is 31.2. The monoisotopic (exact) mass is 206 g/mol. The molecule has 0 aromatic carbocycles. The van der Waals surface area contributed by atoms with E-state index in [4.69, 9.17) is 34.7 Å². The molecular formula is C3H11O8P. The van der Waals surface area contributed by atoms with Gasteiger partial charge in [0.2, 0.25) is 0 Å². The molecule has 0 aliphatic heterocycles. The van der Waals surface area contributed by atoms with Crippen LogP contribution in [0.2, 0.25) is 0 Å². The van der Waals surface area contributed by atoms with Crippen LogP contribution in [0.15, 0.2) is 0 Å². The average molecular weight is 206 g/mol. The molecule has 0 aliphatic carbocycles. The zero-order valence-corrected chi connectivity index (χ0v) is 6.83. The maximum absolute atomic E-state index is 8.88. The topological polar surface area (TPSA) is 148 Å². The SMILES string of the molecule is O=P(O)(O)O.OCC(O)COO. The highest BCUT2D eigenvalue weighted by Gasteiger charge is 2.00. The van der Waals surface area contributed by atoms with Gasteiger partial charge in [0.05, 0.1) is 6.61 Å². The fraction of sp³-hybridized carbons (Fsp3) is 1.00. The Morgan fingerprint density at radius 2 is 1.67 bits per heavy atom. The van der Waals surface area contributed by atoms with Crippen molar-refractivity contribution >= 4 is 7.82 Å². The number of hydrogen-bond acceptors (Lipinski definition) is 5. The van der Waals surface area contributed by atoms with Crippen molar-refractivity contribution in [3.63, 3.8) is 0 Å². The second-order valence-corrected chi connectivity index (χ2v) is 2.67. The zero-order chi connectivity index (χ0) is 10.2. The van der Waals surface area contributed by atoms with Gasteiger partial charge in [-0.15, -0.1) is 0 Å². The van der Waals surface area contributed by atoms with Crippen molar-refractivity contribution in [1.29, 1.82) is 0 Å². The molecule has 0 aromatic heterocycles. The summed E-state index contributed by atoms with van der Waals surface area (Å²) in [5, 5.41) is 23.9. The van der Waals surface area contributed by atoms with E-state index < -0.39 is 13.9 Å². The van der Waals surface area contributed by atoms with Crippen molar-refractivity contribution in [3.05, 3.63) is 0 Å². The minimum Gasteiger partial charge on any atom is -0.394 e. The Morgan fingerprint density at radius 1 is 1.33 bits per heavy atom. The molecule has 1 atom stereocenters. The smallest absolute Gasteiger partial charge is 0.394 e. The fourth-order valence-corrected chi connectivity index (χ4v) is 0.139. The third-order valence-corrected chi connectivity index (χ3v) is 0.478. The summed E-state index contributed by atoms with van der Waals surface area (Å²) >= 11 is 0. The second kappa shape index (κ2) is 7.59. The van der Waals surface area contributed by atoms with E-state index in [1.807, 2.05) is 0 Å². The van der Waals surface area contributed by atoms with Gasteiger partial charge in [0.1, 0.15) is 12.7 Å². The standard InChI is InChI=1S/C3H8O4.H3O4P/c4-1-3(5)2-7-6;1-5(2,3)4/h3-6H,1-2H2;(H3,1,2,3,4). The van der Waals surface area contributed by atoms with Crippen LogP contribution in [0.1, 0.15) is 0 Å². The molecule has 0 saturated carbocycles. The van der Waals surface area contributed by atoms with Crippen LogP contribution < -0.4 is 0 Å². The number of aliphatic hydroxyl groups is 2. The maximum atomic E-state index is 8.88. The lowest BCUT2D eigenvalue weighted by Crippen LogP contribution is -2.17. The molecule has 9 heteroatoms. The molecule has 8 nitrogen and oxygen atoms in total. The summed E-state index contributed by atoms with van der Waals surface area (Å²) in [6, 6.07) is 0. The number of rotatable bonds is 3. The highest BCUT2D eigenvalue weighted by Crippen LogP contribution is 2.25. The number of aliphatic hydroxyl groups excluding tert-OH is 2. The molecule has 0 radical (unpaired) electrons. The van der Waals surface area contributed by atoms with Crippen molar-refractivity contribution in [2.24, 2.45) is 0 Å². The van der Waals surface area contributed by atoms with Crippen molar-refractivity contribution in [2.75, 3.05) is 13.2 Å². The first-order chi connectivity index (χ1) is 5.31. The number of phosphoric acid groups is 1. The molecule has 0 bridgehead atoms. The first kappa shape index (κ1) is 14.5. The van der Waals surface area contributed by atoms with Crippen LogP contribution in [-0.4, -0.2) is 49.5 Å². The predicted molar refractivity (Wildman–Crippen MR) is 35.9 cm³/mol. The number of hydrogen-bond donors (Lipinski definition) is 6. The molecule has 6 N–H and O–H groups in total. The molecule has 0 spiro atoms. The summed E-state index contributed by atoms with van der Waals surface area (Å²) in [5.41, 5.74) is 0. The first-order valence-electron chi connectivity index (χ1n) is 2.64. The van der Waals surface area contributed by atoms with Gasteiger partial charge in [-0.3, -0.25) is 5.26 Å². The van der Waals surface area contributed by atoms with Gasteiger partial charge in [-0.05, 0) is 0 Å². The van der Waals surface area contributed by atoms with E-state index >= 15 is 0 Å². The van der Waals surface area contributed by atoms with E-state index in [1.54, 1.807) is 0 Å². The first-order valence-corrected chi connectivity index (χ1v) is 4.21. The molecule has 1 unspecified atom stereocenters. The fourth-order valence-electron chi connectivity index (χ4n) is 0.139. The molecule has 0 amide bonds. The molecule has 0 saturated heterocycles. The molecule has 76 valence electrons. The van der Waals surface area contributed by atoms with E-state index in [0.717, 1.165) is 0 Å². The summed E-state index contributed by atoms with van der Waals surface area (Å²) in [4.78, 5) is 25.0. The largest absolute Gasteiger partial charge is 0.466 e. The lowest BCUT2D eigenvalue weighted by molar-refractivity contribution is -0.258. The van der Waals surface area contributed by atoms with Crippen molar-refractivity contribution in [1.82, 2.24) is 0 Å². The van der Waals surface area contributed by atoms with Gasteiger partial charge in [0.25, 0.3) is 0 Å². The summed E-state index contributed by atoms with van der Waals surface area (Å²) < 4.78 is 8.88. The van der Waals surface area contributed by atoms with Crippen LogP contribution in [-0.2, 0) is 9.45 Å². The quantitative estimate of drug-likeness (QED) is 0.175. The van der Waals surface area contributed by atoms with E-state index in [9.17, 15) is 0 Å². The van der Waals surface area contributed by atoms with Gasteiger partial charge in [-0.25, -0.2) is 9.45 Å². The summed E-state index contributed by atoms with van der Waals surface area (Å²) in [6.45, 7) is -0.628. The Morgan fingerprint density at radius 3 is 1.75 bits per heavy atom. The van der Waals surface area contributed by atoms with E-state index in [1.165, 1.54) is 0 Å². The minimum atomic E-state index is -4.64. The van der Waals surface area contributed by atoms with Gasteiger partial charge >= 0.3 is 7.82 Å². The lowest BCUT2D eigenvalue weighted by Gasteiger charge is -2.00. The van der Waals surface area contributed by atoms with E-state index in [-0.39, 0.29) is 13.2 Å². The molecular weight excluding hydrogens is 195 g/mol. The predicted octanol–water partition coefficient (Wildman–Crippen LogP) is -2.10. The van der Waals surface area contributed by atoms with Crippen LogP contribution in [0.5, 0.6) is 0 Å². The van der Waals surface area contributed by atoms with Crippen LogP contribution in [0.25, 0.3) is 0 Å². The van der Waals surface area contributed by atoms with Crippen molar-refractivity contribution in [2.45, 2.75) is 6.10 Å². The van der Waals surface area contributed by atoms with Crippen LogP contribution in [0.4, 0.5) is 0 Å². The van der Waals surface area contributed by atoms with E-state index in [2.05, 4.69) is 4.89 Å². The Balaban J connectivity index is 0. The summed E-state index contributed by atoms with van der Waals surface area (Å²) in [6.07, 6.45) is -0.968. The van der Waals surface area contributed by atoms with Gasteiger partial charge < -0.3 is 24.9 Å². The molecule has 0 aromatic rings. The molecule has 0 aliphatic rings. The summed E-state index contributed by atoms with van der Waals surface area (Å²) in [7, 11) is -4.64. The third kappa shape index (κ3) is 32.5. The zero-order valence-electron chi connectivity index (χ0n) is 5.94. The normalized spacial score (nSPS) is 13.2. The Hall–Kier alpha value is -0.0500. The second-order valence-electron chi connectivity index (χ2n) is 1.65. The lowest BCUT2D eigenvalue weighted by atomic mass is 10.4. The molecule has 0 heterocycles. The Labute approximate surface area is 67.8 Å². The minimum absolute atomic E-state index is 0.240. The van der Waals surface area contributed by atoms with Crippen molar-refractivity contribution in [3.8, 4) is 0 Å². The van der Waals surface area contributed by atoms with Crippen LogP contribution in [0.3, 0.4) is 0 Å². The average Bonchev–Trinajstić information content (AvgIpc) is 1.85.